The van der Waals surface area contributed by atoms with E-state index < -0.39 is 0 Å². The maximum atomic E-state index is 11.2. The van der Waals surface area contributed by atoms with Crippen LogP contribution in [0.3, 0.4) is 0 Å². The number of hydrogen-bond acceptors (Lipinski definition) is 2. The zero-order chi connectivity index (χ0) is 9.35. The van der Waals surface area contributed by atoms with Crippen LogP contribution in [0.15, 0.2) is 0 Å². The van der Waals surface area contributed by atoms with Gasteiger partial charge in [-0.2, -0.15) is 0 Å². The summed E-state index contributed by atoms with van der Waals surface area (Å²) in [5, 5.41) is 1.56. The van der Waals surface area contributed by atoms with E-state index in [2.05, 4.69) is 20.8 Å². The molecule has 0 amide bonds. The van der Waals surface area contributed by atoms with Gasteiger partial charge in [-0.15, -0.1) is 0 Å². The lowest BCUT2D eigenvalue weighted by Crippen LogP contribution is -2.46. The highest BCUT2D eigenvalue weighted by Gasteiger charge is 2.28. The maximum absolute atomic E-state index is 11.2. The van der Waals surface area contributed by atoms with Crippen LogP contribution < -0.4 is 5.31 Å². The minimum absolute atomic E-state index is 0.0395. The molecule has 1 fully saturated rings. The summed E-state index contributed by atoms with van der Waals surface area (Å²) >= 11 is 0. The van der Waals surface area contributed by atoms with Crippen LogP contribution in [0, 0.1) is 5.41 Å². The summed E-state index contributed by atoms with van der Waals surface area (Å²) in [6, 6.07) is 0.0961. The molecule has 1 heterocycles. The van der Waals surface area contributed by atoms with Gasteiger partial charge in [-0.3, -0.25) is 4.79 Å². The Morgan fingerprint density at radius 3 is 2.73 bits per heavy atom. The highest BCUT2D eigenvalue weighted by atomic mass is 16.1. The van der Waals surface area contributed by atoms with E-state index in [1.807, 2.05) is 0 Å². The van der Waals surface area contributed by atoms with Gasteiger partial charge in [0, 0.05) is 25.4 Å². The average molecular weight is 156 g/mol. The van der Waals surface area contributed by atoms with E-state index in [-0.39, 0.29) is 11.5 Å². The predicted molar refractivity (Wildman–Crippen MR) is 45.5 cm³/mol. The minimum atomic E-state index is 0.0395. The van der Waals surface area contributed by atoms with Crippen molar-refractivity contribution in [1.82, 2.24) is 5.31 Å². The van der Waals surface area contributed by atoms with Gasteiger partial charge in [0.2, 0.25) is 0 Å². The Bertz CT molecular complexity index is 185. The van der Waals surface area contributed by atoms with Gasteiger partial charge in [0.05, 0.1) is 0 Å². The van der Waals surface area contributed by atoms with E-state index in [9.17, 15) is 4.79 Å². The molecule has 0 saturated carbocycles. The maximum Gasteiger partial charge on any atom is 0.135 e. The lowest BCUT2D eigenvalue weighted by molar-refractivity contribution is -0.121. The van der Waals surface area contributed by atoms with Crippen LogP contribution in [0.4, 0.5) is 0 Å². The van der Waals surface area contributed by atoms with Crippen LogP contribution in [-0.4, -0.2) is 18.4 Å². The zero-order valence-corrected chi connectivity index (χ0v) is 7.55. The molecule has 0 aromatic heterocycles. The number of rotatable bonds is 0. The van der Waals surface area contributed by atoms with Crippen molar-refractivity contribution in [1.29, 1.82) is 0 Å². The molecule has 1 saturated heterocycles. The molecule has 1 unspecified atom stereocenters. The molecular formula is C9H17NO. The van der Waals surface area contributed by atoms with Gasteiger partial charge in [0.25, 0.3) is 0 Å². The van der Waals surface area contributed by atoms with Crippen molar-refractivity contribution in [3.8, 4) is 0 Å². The number of carbonyl (C=O) groups excluding carboxylic acids is 1. The van der Waals surface area contributed by atoms with Crippen molar-refractivity contribution in [2.24, 2.45) is 5.41 Å². The Balaban J connectivity index is 2.67. The molecule has 1 aliphatic heterocycles. The molecule has 0 aliphatic carbocycles. The van der Waals surface area contributed by atoms with E-state index in [1.54, 1.807) is 5.31 Å². The third kappa shape index (κ3) is 2.29. The van der Waals surface area contributed by atoms with E-state index in [1.165, 1.54) is 0 Å². The summed E-state index contributed by atoms with van der Waals surface area (Å²) in [5.74, 6) is 0.304. The summed E-state index contributed by atoms with van der Waals surface area (Å²) < 4.78 is 7.66. The number of ketones is 1. The van der Waals surface area contributed by atoms with Gasteiger partial charge in [-0.1, -0.05) is 20.8 Å². The van der Waals surface area contributed by atoms with E-state index in [0.29, 0.717) is 25.2 Å². The smallest absolute Gasteiger partial charge is 0.135 e. The molecular weight excluding hydrogens is 138 g/mol. The second-order valence-electron chi connectivity index (χ2n) is 4.28. The summed E-state index contributed by atoms with van der Waals surface area (Å²) in [5.41, 5.74) is 0.0395. The first-order valence-electron chi connectivity index (χ1n) is 4.63. The highest BCUT2D eigenvalue weighted by Crippen LogP contribution is 2.24. The molecule has 11 heavy (non-hydrogen) atoms. The lowest BCUT2D eigenvalue weighted by Gasteiger charge is -2.34. The quantitative estimate of drug-likeness (QED) is 0.573. The van der Waals surface area contributed by atoms with E-state index in [4.69, 9.17) is 1.41 Å². The normalized spacial score (nSPS) is 30.3. The van der Waals surface area contributed by atoms with Crippen molar-refractivity contribution in [3.63, 3.8) is 0 Å². The Hall–Kier alpha value is -0.370. The van der Waals surface area contributed by atoms with Crippen LogP contribution >= 0.6 is 0 Å². The second kappa shape index (κ2) is 2.94. The first-order valence-corrected chi connectivity index (χ1v) is 4.18. The zero-order valence-electron chi connectivity index (χ0n) is 8.55. The predicted octanol–water partition coefficient (Wildman–Crippen LogP) is 1.35. The van der Waals surface area contributed by atoms with E-state index in [0.717, 1.165) is 0 Å². The van der Waals surface area contributed by atoms with Crippen molar-refractivity contribution in [2.75, 3.05) is 6.54 Å². The monoisotopic (exact) mass is 156 g/mol. The van der Waals surface area contributed by atoms with Gasteiger partial charge in [0.1, 0.15) is 7.20 Å². The van der Waals surface area contributed by atoms with Crippen molar-refractivity contribution < 1.29 is 6.21 Å². The SMILES string of the molecule is [2H]N1CCC(=O)CC1C(C)(C)C. The Morgan fingerprint density at radius 1 is 1.64 bits per heavy atom. The molecule has 0 radical (unpaired) electrons. The fourth-order valence-corrected chi connectivity index (χ4v) is 1.31. The molecule has 2 nitrogen and oxygen atoms in total. The van der Waals surface area contributed by atoms with Crippen LogP contribution in [0.2, 0.25) is 1.41 Å². The average Bonchev–Trinajstić information content (AvgIpc) is 1.92. The van der Waals surface area contributed by atoms with Gasteiger partial charge < -0.3 is 5.31 Å². The van der Waals surface area contributed by atoms with Crippen LogP contribution in [-0.2, 0) is 4.79 Å². The van der Waals surface area contributed by atoms with Crippen LogP contribution in [0.1, 0.15) is 33.6 Å². The lowest BCUT2D eigenvalue weighted by atomic mass is 9.82. The molecule has 0 spiro atoms. The Kier molecular flexibility index (Phi) is 1.95. The first kappa shape index (κ1) is 7.29. The first-order chi connectivity index (χ1) is 5.41. The molecule has 0 aromatic rings. The highest BCUT2D eigenvalue weighted by molar-refractivity contribution is 5.80. The third-order valence-electron chi connectivity index (χ3n) is 2.16. The fourth-order valence-electron chi connectivity index (χ4n) is 1.31. The minimum Gasteiger partial charge on any atom is -0.313 e. The van der Waals surface area contributed by atoms with Crippen molar-refractivity contribution in [3.05, 3.63) is 0 Å². The van der Waals surface area contributed by atoms with Gasteiger partial charge >= 0.3 is 0 Å². The fraction of sp³-hybridized carbons (Fsp3) is 0.889. The van der Waals surface area contributed by atoms with E-state index >= 15 is 0 Å². The molecule has 0 bridgehead atoms. The Morgan fingerprint density at radius 2 is 2.27 bits per heavy atom. The standard InChI is InChI=1S/C9H17NO/c1-9(2,3)8-6-7(11)4-5-10-8/h8,10H,4-6H2,1-3H3/i/hD. The van der Waals surface area contributed by atoms with Gasteiger partial charge in [-0.05, 0) is 5.41 Å². The summed E-state index contributed by atoms with van der Waals surface area (Å²) in [4.78, 5) is 11.2. The largest absolute Gasteiger partial charge is 0.313 e. The molecule has 2 heteroatoms. The number of nitrogens with one attached hydrogen (secondary N) is 1. The van der Waals surface area contributed by atoms with Crippen LogP contribution in [0.5, 0.6) is 0 Å². The third-order valence-corrected chi connectivity index (χ3v) is 2.16. The number of carbonyl (C=O) groups is 1. The molecule has 1 atom stereocenters. The molecule has 1 aliphatic rings. The molecule has 64 valence electrons. The van der Waals surface area contributed by atoms with Gasteiger partial charge in [-0.25, -0.2) is 0 Å². The topological polar surface area (TPSA) is 29.1 Å². The second-order valence-corrected chi connectivity index (χ2v) is 4.28. The summed E-state index contributed by atoms with van der Waals surface area (Å²) in [7, 11) is 0. The number of piperidine rings is 1. The number of Topliss-reactive ketones (excluding diaryl/α,β-unsaturated/α-hetero) is 1. The number of hydrogen-bond donors (Lipinski definition) is 1. The summed E-state index contributed by atoms with van der Waals surface area (Å²) in [6.45, 7) is 6.84. The van der Waals surface area contributed by atoms with Crippen molar-refractivity contribution >= 4 is 5.78 Å². The van der Waals surface area contributed by atoms with Gasteiger partial charge in [0.15, 0.2) is 0 Å². The molecule has 1 rings (SSSR count). The van der Waals surface area contributed by atoms with Crippen molar-refractivity contribution in [2.45, 2.75) is 39.7 Å². The summed E-state index contributed by atoms with van der Waals surface area (Å²) in [6.07, 6.45) is 1.10. The molecule has 0 aromatic carbocycles. The Labute approximate surface area is 69.8 Å². The van der Waals surface area contributed by atoms with Crippen LogP contribution in [0.25, 0.3) is 0 Å². The molecule has 1 N–H and O–H groups in total.